The van der Waals surface area contributed by atoms with Crippen molar-refractivity contribution in [3.05, 3.63) is 11.9 Å². The first-order valence-electron chi connectivity index (χ1n) is 7.58. The minimum absolute atomic E-state index is 0.0804. The Labute approximate surface area is 122 Å². The van der Waals surface area contributed by atoms with E-state index in [1.807, 2.05) is 31.5 Å². The molecule has 111 valence electrons. The first kappa shape index (κ1) is 16.7. The fourth-order valence-corrected chi connectivity index (χ4v) is 1.92. The van der Waals surface area contributed by atoms with Crippen LogP contribution in [0.5, 0.6) is 0 Å². The van der Waals surface area contributed by atoms with Crippen molar-refractivity contribution in [2.24, 2.45) is 5.92 Å². The summed E-state index contributed by atoms with van der Waals surface area (Å²) in [5.41, 5.74) is 1.03. The van der Waals surface area contributed by atoms with E-state index in [-0.39, 0.29) is 11.8 Å². The van der Waals surface area contributed by atoms with Gasteiger partial charge in [0.1, 0.15) is 7.28 Å². The Balaban J connectivity index is 2.00. The standard InChI is InChI=1S/C14H26BN4O/c1-12(2)14(20)16-8-6-4-5-7-9-19-11-13(10-15-3)17-18-19/h11-12H,4-10H2,1-3H3,(H,16,20). The van der Waals surface area contributed by atoms with Crippen LogP contribution >= 0.6 is 0 Å². The maximum atomic E-state index is 11.3. The lowest BCUT2D eigenvalue weighted by Crippen LogP contribution is -2.28. The second-order valence-electron chi connectivity index (χ2n) is 5.45. The molecule has 0 aliphatic rings. The summed E-state index contributed by atoms with van der Waals surface area (Å²) in [5, 5.41) is 11.1. The fraction of sp³-hybridized carbons (Fsp3) is 0.786. The van der Waals surface area contributed by atoms with Gasteiger partial charge in [-0.05, 0) is 19.2 Å². The van der Waals surface area contributed by atoms with Crippen molar-refractivity contribution in [2.45, 2.75) is 59.2 Å². The highest BCUT2D eigenvalue weighted by Gasteiger charge is 2.04. The molecule has 6 heteroatoms. The molecule has 1 amide bonds. The van der Waals surface area contributed by atoms with Crippen LogP contribution in [0, 0.1) is 5.92 Å². The van der Waals surface area contributed by atoms with Crippen LogP contribution in [-0.4, -0.2) is 34.7 Å². The topological polar surface area (TPSA) is 59.8 Å². The van der Waals surface area contributed by atoms with Gasteiger partial charge >= 0.3 is 0 Å². The van der Waals surface area contributed by atoms with Crippen molar-refractivity contribution in [1.82, 2.24) is 20.3 Å². The number of carbonyl (C=O) groups is 1. The molecule has 0 saturated heterocycles. The molecule has 0 atom stereocenters. The van der Waals surface area contributed by atoms with Gasteiger partial charge in [0.2, 0.25) is 5.91 Å². The van der Waals surface area contributed by atoms with Crippen LogP contribution in [0.25, 0.3) is 0 Å². The smallest absolute Gasteiger partial charge is 0.222 e. The van der Waals surface area contributed by atoms with Crippen LogP contribution in [-0.2, 0) is 17.7 Å². The Morgan fingerprint density at radius 2 is 2.10 bits per heavy atom. The molecule has 1 N–H and O–H groups in total. The zero-order valence-electron chi connectivity index (χ0n) is 12.9. The molecule has 0 bridgehead atoms. The highest BCUT2D eigenvalue weighted by atomic mass is 16.1. The number of amides is 1. The molecule has 1 aromatic heterocycles. The van der Waals surface area contributed by atoms with E-state index in [1.54, 1.807) is 0 Å². The second kappa shape index (κ2) is 9.56. The van der Waals surface area contributed by atoms with Crippen molar-refractivity contribution >= 4 is 13.2 Å². The number of nitrogens with zero attached hydrogens (tertiary/aromatic N) is 3. The molecule has 20 heavy (non-hydrogen) atoms. The zero-order valence-corrected chi connectivity index (χ0v) is 12.9. The van der Waals surface area contributed by atoms with Crippen molar-refractivity contribution < 1.29 is 4.79 Å². The number of aromatic nitrogens is 3. The van der Waals surface area contributed by atoms with Crippen LogP contribution in [0.3, 0.4) is 0 Å². The van der Waals surface area contributed by atoms with Crippen LogP contribution in [0.1, 0.15) is 45.2 Å². The van der Waals surface area contributed by atoms with Crippen LogP contribution < -0.4 is 5.32 Å². The quantitative estimate of drug-likeness (QED) is 0.524. The monoisotopic (exact) mass is 277 g/mol. The summed E-state index contributed by atoms with van der Waals surface area (Å²) in [7, 11) is 2.08. The Morgan fingerprint density at radius 3 is 2.80 bits per heavy atom. The van der Waals surface area contributed by atoms with E-state index < -0.39 is 0 Å². The molecule has 0 unspecified atom stereocenters. The minimum atomic E-state index is 0.0804. The van der Waals surface area contributed by atoms with Crippen molar-refractivity contribution in [3.8, 4) is 0 Å². The molecule has 0 aromatic carbocycles. The average Bonchev–Trinajstić information content (AvgIpc) is 2.85. The summed E-state index contributed by atoms with van der Waals surface area (Å²) < 4.78 is 1.92. The van der Waals surface area contributed by atoms with E-state index in [4.69, 9.17) is 0 Å². The number of carbonyl (C=O) groups excluding carboxylic acids is 1. The molecular formula is C14H26BN4O. The molecular weight excluding hydrogens is 251 g/mol. The van der Waals surface area contributed by atoms with Gasteiger partial charge < -0.3 is 5.32 Å². The fourth-order valence-electron chi connectivity index (χ4n) is 1.92. The number of hydrogen-bond donors (Lipinski definition) is 1. The van der Waals surface area contributed by atoms with Gasteiger partial charge in [-0.25, -0.2) is 0 Å². The van der Waals surface area contributed by atoms with Gasteiger partial charge in [0.15, 0.2) is 0 Å². The predicted octanol–water partition coefficient (Wildman–Crippen LogP) is 1.86. The minimum Gasteiger partial charge on any atom is -0.356 e. The zero-order chi connectivity index (χ0) is 14.8. The van der Waals surface area contributed by atoms with Gasteiger partial charge in [-0.1, -0.05) is 38.7 Å². The molecule has 5 nitrogen and oxygen atoms in total. The Bertz CT molecular complexity index is 392. The lowest BCUT2D eigenvalue weighted by Gasteiger charge is -2.07. The first-order valence-corrected chi connectivity index (χ1v) is 7.58. The number of hydrogen-bond acceptors (Lipinski definition) is 3. The van der Waals surface area contributed by atoms with Crippen LogP contribution in [0.2, 0.25) is 6.82 Å². The maximum Gasteiger partial charge on any atom is 0.222 e. The van der Waals surface area contributed by atoms with E-state index in [0.717, 1.165) is 50.8 Å². The van der Waals surface area contributed by atoms with Crippen LogP contribution in [0.4, 0.5) is 0 Å². The van der Waals surface area contributed by atoms with E-state index in [9.17, 15) is 4.79 Å². The third-order valence-corrected chi connectivity index (χ3v) is 3.14. The summed E-state index contributed by atoms with van der Waals surface area (Å²) in [6, 6.07) is 0. The molecule has 1 aromatic rings. The SMILES string of the molecule is C[B]Cc1cn(CCCCCCNC(=O)C(C)C)nn1. The third kappa shape index (κ3) is 6.73. The first-order chi connectivity index (χ1) is 9.63. The molecule has 1 heterocycles. The van der Waals surface area contributed by atoms with E-state index in [1.165, 1.54) is 0 Å². The molecule has 0 aliphatic heterocycles. The summed E-state index contributed by atoms with van der Waals surface area (Å²) >= 11 is 0. The normalized spacial score (nSPS) is 10.8. The van der Waals surface area contributed by atoms with Gasteiger partial charge in [0.05, 0.1) is 5.69 Å². The van der Waals surface area contributed by atoms with Gasteiger partial charge in [0.25, 0.3) is 0 Å². The molecule has 0 saturated carbocycles. The van der Waals surface area contributed by atoms with Crippen LogP contribution in [0.15, 0.2) is 6.20 Å². The lowest BCUT2D eigenvalue weighted by atomic mass is 9.77. The van der Waals surface area contributed by atoms with Crippen molar-refractivity contribution in [2.75, 3.05) is 6.54 Å². The largest absolute Gasteiger partial charge is 0.356 e. The molecule has 1 radical (unpaired) electrons. The number of rotatable bonds is 10. The maximum absolute atomic E-state index is 11.3. The predicted molar refractivity (Wildman–Crippen MR) is 81.7 cm³/mol. The third-order valence-electron chi connectivity index (χ3n) is 3.14. The molecule has 0 spiro atoms. The molecule has 1 rings (SSSR count). The van der Waals surface area contributed by atoms with E-state index in [2.05, 4.69) is 22.9 Å². The summed E-state index contributed by atoms with van der Waals surface area (Å²) in [5.74, 6) is 0.227. The lowest BCUT2D eigenvalue weighted by molar-refractivity contribution is -0.123. The number of nitrogens with one attached hydrogen (secondary N) is 1. The van der Waals surface area contributed by atoms with E-state index in [0.29, 0.717) is 0 Å². The van der Waals surface area contributed by atoms with Gasteiger partial charge in [-0.15, -0.1) is 5.10 Å². The highest BCUT2D eigenvalue weighted by molar-refractivity contribution is 6.32. The summed E-state index contributed by atoms with van der Waals surface area (Å²) in [6.07, 6.45) is 7.36. The summed E-state index contributed by atoms with van der Waals surface area (Å²) in [6.45, 7) is 7.57. The number of aryl methyl sites for hydroxylation is 1. The highest BCUT2D eigenvalue weighted by Crippen LogP contribution is 2.02. The molecule has 0 aliphatic carbocycles. The number of unbranched alkanes of at least 4 members (excludes halogenated alkanes) is 3. The second-order valence-corrected chi connectivity index (χ2v) is 5.45. The van der Waals surface area contributed by atoms with E-state index >= 15 is 0 Å². The van der Waals surface area contributed by atoms with Gasteiger partial charge in [-0.2, -0.15) is 0 Å². The van der Waals surface area contributed by atoms with Gasteiger partial charge in [0, 0.05) is 25.2 Å². The van der Waals surface area contributed by atoms with Crippen molar-refractivity contribution in [1.29, 1.82) is 0 Å². The summed E-state index contributed by atoms with van der Waals surface area (Å²) in [4.78, 5) is 11.3. The Kier molecular flexibility index (Phi) is 8.00. The Morgan fingerprint density at radius 1 is 1.35 bits per heavy atom. The average molecular weight is 277 g/mol. The molecule has 0 fully saturated rings. The van der Waals surface area contributed by atoms with Crippen molar-refractivity contribution in [3.63, 3.8) is 0 Å². The Hall–Kier alpha value is -1.33. The van der Waals surface area contributed by atoms with Gasteiger partial charge in [-0.3, -0.25) is 9.48 Å².